The van der Waals surface area contributed by atoms with Crippen LogP contribution in [0.5, 0.6) is 11.5 Å². The van der Waals surface area contributed by atoms with Crippen molar-refractivity contribution in [1.29, 1.82) is 0 Å². The highest BCUT2D eigenvalue weighted by Crippen LogP contribution is 2.25. The third-order valence-corrected chi connectivity index (χ3v) is 3.20. The van der Waals surface area contributed by atoms with Crippen molar-refractivity contribution < 1.29 is 4.74 Å². The zero-order chi connectivity index (χ0) is 12.3. The van der Waals surface area contributed by atoms with Crippen LogP contribution in [-0.2, 0) is 11.9 Å². The minimum atomic E-state index is 0.779. The van der Waals surface area contributed by atoms with Crippen molar-refractivity contribution in [2.45, 2.75) is 25.7 Å². The second kappa shape index (κ2) is 5.36. The van der Waals surface area contributed by atoms with Crippen molar-refractivity contribution in [3.05, 3.63) is 41.7 Å². The van der Waals surface area contributed by atoms with Gasteiger partial charge in [0.15, 0.2) is 5.75 Å². The van der Waals surface area contributed by atoms with Gasteiger partial charge in [-0.15, -0.1) is 0 Å². The molecule has 1 aromatic heterocycles. The molecule has 4 heteroatoms. The summed E-state index contributed by atoms with van der Waals surface area (Å²) in [5, 5.41) is 5.04. The predicted octanol–water partition coefficient (Wildman–Crippen LogP) is 3.90. The molecule has 0 saturated carbocycles. The summed E-state index contributed by atoms with van der Waals surface area (Å²) in [4.78, 5) is 0. The summed E-state index contributed by atoms with van der Waals surface area (Å²) in [6.45, 7) is 4.95. The van der Waals surface area contributed by atoms with Crippen LogP contribution >= 0.6 is 15.9 Å². The van der Waals surface area contributed by atoms with Gasteiger partial charge >= 0.3 is 0 Å². The average molecular weight is 295 g/mol. The van der Waals surface area contributed by atoms with E-state index in [1.54, 1.807) is 6.20 Å². The Morgan fingerprint density at radius 1 is 1.41 bits per heavy atom. The van der Waals surface area contributed by atoms with Crippen LogP contribution in [0.25, 0.3) is 0 Å². The van der Waals surface area contributed by atoms with Crippen LogP contribution in [-0.4, -0.2) is 9.78 Å². The maximum atomic E-state index is 5.79. The van der Waals surface area contributed by atoms with Crippen molar-refractivity contribution in [2.75, 3.05) is 0 Å². The van der Waals surface area contributed by atoms with E-state index < -0.39 is 0 Å². The molecule has 2 aromatic rings. The lowest BCUT2D eigenvalue weighted by Crippen LogP contribution is -1.92. The Morgan fingerprint density at radius 3 is 2.82 bits per heavy atom. The molecule has 0 N–H and O–H groups in total. The van der Waals surface area contributed by atoms with E-state index in [4.69, 9.17) is 4.74 Å². The molecule has 3 nitrogen and oxygen atoms in total. The summed E-state index contributed by atoms with van der Waals surface area (Å²) < 4.78 is 7.64. The number of halogens is 1. The maximum absolute atomic E-state index is 5.79. The van der Waals surface area contributed by atoms with Gasteiger partial charge in [0, 0.05) is 11.9 Å². The number of ether oxygens (including phenoxy) is 1. The molecule has 0 radical (unpaired) electrons. The lowest BCUT2D eigenvalue weighted by Gasteiger charge is -2.07. The summed E-state index contributed by atoms with van der Waals surface area (Å²) in [5.74, 6) is 1.66. The molecule has 1 heterocycles. The molecule has 0 amide bonds. The Bertz CT molecular complexity index is 508. The van der Waals surface area contributed by atoms with Gasteiger partial charge in [0.2, 0.25) is 0 Å². The minimum absolute atomic E-state index is 0.779. The Labute approximate surface area is 110 Å². The molecule has 0 spiro atoms. The zero-order valence-electron chi connectivity index (χ0n) is 9.98. The van der Waals surface area contributed by atoms with Crippen LogP contribution in [0.1, 0.15) is 18.1 Å². The molecule has 1 aromatic carbocycles. The van der Waals surface area contributed by atoms with Gasteiger partial charge in [0.25, 0.3) is 0 Å². The Balaban J connectivity index is 2.18. The predicted molar refractivity (Wildman–Crippen MR) is 71.8 cm³/mol. The molecule has 0 fully saturated rings. The number of aromatic nitrogens is 2. The maximum Gasteiger partial charge on any atom is 0.165 e. The summed E-state index contributed by atoms with van der Waals surface area (Å²) in [6.07, 6.45) is 3.64. The summed E-state index contributed by atoms with van der Waals surface area (Å²) in [6, 6.07) is 6.17. The number of hydrogen-bond acceptors (Lipinski definition) is 2. The van der Waals surface area contributed by atoms with Crippen LogP contribution in [0.15, 0.2) is 30.6 Å². The fourth-order valence-corrected chi connectivity index (χ4v) is 1.96. The largest absolute Gasteiger partial charge is 0.454 e. The Hall–Kier alpha value is -1.29. The van der Waals surface area contributed by atoms with Crippen LogP contribution in [0.2, 0.25) is 0 Å². The number of benzene rings is 1. The molecule has 0 aliphatic rings. The first-order chi connectivity index (χ1) is 8.22. The highest BCUT2D eigenvalue weighted by Gasteiger charge is 2.04. The molecule has 0 atom stereocenters. The molecule has 90 valence electrons. The van der Waals surface area contributed by atoms with E-state index in [2.05, 4.69) is 33.2 Å². The third kappa shape index (κ3) is 2.88. The molecule has 0 aliphatic heterocycles. The normalized spacial score (nSPS) is 10.5. The van der Waals surface area contributed by atoms with Gasteiger partial charge in [-0.2, -0.15) is 5.10 Å². The molecule has 0 saturated heterocycles. The third-order valence-electron chi connectivity index (χ3n) is 2.56. The van der Waals surface area contributed by atoms with Gasteiger partial charge in [0.1, 0.15) is 5.75 Å². The van der Waals surface area contributed by atoms with Crippen LogP contribution < -0.4 is 4.74 Å². The van der Waals surface area contributed by atoms with Gasteiger partial charge in [-0.3, -0.25) is 4.68 Å². The topological polar surface area (TPSA) is 27.1 Å². The quantitative estimate of drug-likeness (QED) is 0.800. The molecule has 17 heavy (non-hydrogen) atoms. The molecule has 0 unspecified atom stereocenters. The zero-order valence-corrected chi connectivity index (χ0v) is 11.6. The minimum Gasteiger partial charge on any atom is -0.454 e. The number of hydrogen-bond donors (Lipinski definition) is 0. The van der Waals surface area contributed by atoms with Gasteiger partial charge in [0.05, 0.1) is 12.4 Å². The molecule has 2 rings (SSSR count). The monoisotopic (exact) mass is 294 g/mol. The standard InChI is InChI=1S/C13H15BrN2O/c1-3-16-9-12(8-15-16)17-13-5-4-11(7-14)6-10(13)2/h4-6,8-9H,3,7H2,1-2H3. The summed E-state index contributed by atoms with van der Waals surface area (Å²) in [7, 11) is 0. The lowest BCUT2D eigenvalue weighted by atomic mass is 10.1. The molecule has 0 aliphatic carbocycles. The van der Waals surface area contributed by atoms with Crippen molar-refractivity contribution in [3.63, 3.8) is 0 Å². The van der Waals surface area contributed by atoms with E-state index in [-0.39, 0.29) is 0 Å². The van der Waals surface area contributed by atoms with Gasteiger partial charge < -0.3 is 4.74 Å². The lowest BCUT2D eigenvalue weighted by molar-refractivity contribution is 0.477. The van der Waals surface area contributed by atoms with E-state index in [1.807, 2.05) is 30.8 Å². The van der Waals surface area contributed by atoms with E-state index in [9.17, 15) is 0 Å². The summed E-state index contributed by atoms with van der Waals surface area (Å²) in [5.41, 5.74) is 2.38. The van der Waals surface area contributed by atoms with E-state index in [1.165, 1.54) is 5.56 Å². The molecular formula is C13H15BrN2O. The van der Waals surface area contributed by atoms with Crippen LogP contribution in [0.4, 0.5) is 0 Å². The number of rotatable bonds is 4. The first-order valence-electron chi connectivity index (χ1n) is 5.58. The van der Waals surface area contributed by atoms with Crippen LogP contribution in [0, 0.1) is 6.92 Å². The molecule has 0 bridgehead atoms. The average Bonchev–Trinajstić information content (AvgIpc) is 2.79. The first kappa shape index (κ1) is 12.2. The number of aryl methyl sites for hydroxylation is 2. The highest BCUT2D eigenvalue weighted by molar-refractivity contribution is 9.08. The van der Waals surface area contributed by atoms with Gasteiger partial charge in [-0.05, 0) is 31.0 Å². The highest BCUT2D eigenvalue weighted by atomic mass is 79.9. The fraction of sp³-hybridized carbons (Fsp3) is 0.308. The van der Waals surface area contributed by atoms with Crippen molar-refractivity contribution in [1.82, 2.24) is 9.78 Å². The Kier molecular flexibility index (Phi) is 3.84. The van der Waals surface area contributed by atoms with Crippen LogP contribution in [0.3, 0.4) is 0 Å². The van der Waals surface area contributed by atoms with Gasteiger partial charge in [-0.1, -0.05) is 28.1 Å². The fourth-order valence-electron chi connectivity index (χ4n) is 1.61. The van der Waals surface area contributed by atoms with Crippen molar-refractivity contribution >= 4 is 15.9 Å². The second-order valence-electron chi connectivity index (χ2n) is 3.87. The number of nitrogens with zero attached hydrogens (tertiary/aromatic N) is 2. The van der Waals surface area contributed by atoms with E-state index >= 15 is 0 Å². The second-order valence-corrected chi connectivity index (χ2v) is 4.43. The first-order valence-corrected chi connectivity index (χ1v) is 6.71. The Morgan fingerprint density at radius 2 is 2.24 bits per heavy atom. The van der Waals surface area contributed by atoms with E-state index in [0.29, 0.717) is 0 Å². The van der Waals surface area contributed by atoms with E-state index in [0.717, 1.165) is 28.9 Å². The summed E-state index contributed by atoms with van der Waals surface area (Å²) >= 11 is 3.44. The van der Waals surface area contributed by atoms with Gasteiger partial charge in [-0.25, -0.2) is 0 Å². The van der Waals surface area contributed by atoms with Crippen molar-refractivity contribution in [2.24, 2.45) is 0 Å². The molecular weight excluding hydrogens is 280 g/mol. The SMILES string of the molecule is CCn1cc(Oc2ccc(CBr)cc2C)cn1. The smallest absolute Gasteiger partial charge is 0.165 e. The van der Waals surface area contributed by atoms with Crippen molar-refractivity contribution in [3.8, 4) is 11.5 Å². The number of alkyl halides is 1.